The summed E-state index contributed by atoms with van der Waals surface area (Å²) in [5.74, 6) is 0.985. The van der Waals surface area contributed by atoms with E-state index in [1.54, 1.807) is 49.3 Å². The minimum Gasteiger partial charge on any atom is -0.497 e. The van der Waals surface area contributed by atoms with Crippen LogP contribution in [0.4, 0.5) is 11.5 Å². The molecule has 1 aromatic carbocycles. The van der Waals surface area contributed by atoms with Crippen LogP contribution >= 0.6 is 11.3 Å². The van der Waals surface area contributed by atoms with Crippen molar-refractivity contribution in [2.45, 2.75) is 6.92 Å². The van der Waals surface area contributed by atoms with Gasteiger partial charge in [0.25, 0.3) is 5.91 Å². The fraction of sp³-hybridized carbons (Fsp3) is 0.190. The molecule has 0 bridgehead atoms. The van der Waals surface area contributed by atoms with Crippen molar-refractivity contribution in [1.82, 2.24) is 4.98 Å². The molecule has 0 saturated heterocycles. The number of thiophene rings is 1. The Balaban J connectivity index is 1.92. The second-order valence-corrected chi connectivity index (χ2v) is 7.45. The van der Waals surface area contributed by atoms with Gasteiger partial charge in [-0.05, 0) is 43.3 Å². The Kier molecular flexibility index (Phi) is 5.75. The number of aromatic nitrogens is 1. The summed E-state index contributed by atoms with van der Waals surface area (Å²) in [6.07, 6.45) is 0. The van der Waals surface area contributed by atoms with Gasteiger partial charge in [0.15, 0.2) is 5.78 Å². The molecule has 1 amide bonds. The van der Waals surface area contributed by atoms with Crippen molar-refractivity contribution in [3.63, 3.8) is 0 Å². The van der Waals surface area contributed by atoms with Crippen molar-refractivity contribution in [3.05, 3.63) is 59.0 Å². The monoisotopic (exact) mass is 395 g/mol. The van der Waals surface area contributed by atoms with Crippen molar-refractivity contribution >= 4 is 34.5 Å². The number of nitrogens with one attached hydrogen (secondary N) is 1. The molecule has 1 N–H and O–H groups in total. The van der Waals surface area contributed by atoms with Crippen LogP contribution in [0.15, 0.2) is 48.5 Å². The van der Waals surface area contributed by atoms with E-state index >= 15 is 0 Å². The fourth-order valence-electron chi connectivity index (χ4n) is 2.67. The summed E-state index contributed by atoms with van der Waals surface area (Å²) in [5.41, 5.74) is 1.82. The lowest BCUT2D eigenvalue weighted by Gasteiger charge is -2.17. The molecule has 6 nitrogen and oxygen atoms in total. The molecule has 2 aromatic heterocycles. The van der Waals surface area contributed by atoms with Crippen molar-refractivity contribution in [2.24, 2.45) is 0 Å². The standard InChI is InChI=1S/C21H21N3O3S/c1-13(25)18-10-11-19(28-18)17-9-8-16(20(23-17)24(2)3)21(26)22-14-6-5-7-15(12-14)27-4/h5-12H,1-4H3,(H,22,26). The molecule has 144 valence electrons. The highest BCUT2D eigenvalue weighted by Gasteiger charge is 2.17. The second kappa shape index (κ2) is 8.22. The molecule has 7 heteroatoms. The third-order valence-electron chi connectivity index (χ3n) is 4.08. The highest BCUT2D eigenvalue weighted by atomic mass is 32.1. The number of amides is 1. The van der Waals surface area contributed by atoms with Gasteiger partial charge in [-0.1, -0.05) is 6.07 Å². The number of carbonyl (C=O) groups is 2. The molecular formula is C21H21N3O3S. The predicted octanol–water partition coefficient (Wildman–Crippen LogP) is 4.34. The predicted molar refractivity (Wildman–Crippen MR) is 113 cm³/mol. The van der Waals surface area contributed by atoms with E-state index in [1.165, 1.54) is 11.3 Å². The average molecular weight is 395 g/mol. The Bertz CT molecular complexity index is 1030. The summed E-state index contributed by atoms with van der Waals surface area (Å²) in [7, 11) is 5.25. The van der Waals surface area contributed by atoms with Crippen LogP contribution in [-0.4, -0.2) is 37.9 Å². The topological polar surface area (TPSA) is 71.5 Å². The smallest absolute Gasteiger partial charge is 0.259 e. The number of rotatable bonds is 6. The summed E-state index contributed by atoms with van der Waals surface area (Å²) in [6.45, 7) is 1.54. The lowest BCUT2D eigenvalue weighted by Crippen LogP contribution is -2.20. The zero-order valence-electron chi connectivity index (χ0n) is 16.1. The largest absolute Gasteiger partial charge is 0.497 e. The molecule has 0 unspecified atom stereocenters. The lowest BCUT2D eigenvalue weighted by molar-refractivity contribution is 0.101. The number of nitrogens with zero attached hydrogens (tertiary/aromatic N) is 2. The first kappa shape index (κ1) is 19.6. The number of hydrogen-bond acceptors (Lipinski definition) is 6. The van der Waals surface area contributed by atoms with Crippen LogP contribution in [-0.2, 0) is 0 Å². The number of hydrogen-bond donors (Lipinski definition) is 1. The number of benzene rings is 1. The summed E-state index contributed by atoms with van der Waals surface area (Å²) in [4.78, 5) is 32.4. The molecule has 2 heterocycles. The SMILES string of the molecule is COc1cccc(NC(=O)c2ccc(-c3ccc(C(C)=O)s3)nc2N(C)C)c1. The number of pyridine rings is 1. The molecule has 3 rings (SSSR count). The summed E-state index contributed by atoms with van der Waals surface area (Å²) >= 11 is 1.39. The Labute approximate surface area is 167 Å². The number of ether oxygens (including phenoxy) is 1. The number of carbonyl (C=O) groups excluding carboxylic acids is 2. The number of methoxy groups -OCH3 is 1. The molecule has 0 spiro atoms. The highest BCUT2D eigenvalue weighted by Crippen LogP contribution is 2.30. The first-order valence-corrected chi connectivity index (χ1v) is 9.45. The van der Waals surface area contributed by atoms with Gasteiger partial charge in [-0.25, -0.2) is 4.98 Å². The molecule has 28 heavy (non-hydrogen) atoms. The van der Waals surface area contributed by atoms with Crippen LogP contribution in [0.1, 0.15) is 27.0 Å². The number of anilines is 2. The molecule has 0 aliphatic heterocycles. The van der Waals surface area contributed by atoms with Gasteiger partial charge in [-0.15, -0.1) is 11.3 Å². The second-order valence-electron chi connectivity index (χ2n) is 6.37. The van der Waals surface area contributed by atoms with Gasteiger partial charge >= 0.3 is 0 Å². The normalized spacial score (nSPS) is 10.4. The Morgan fingerprint density at radius 3 is 2.54 bits per heavy atom. The van der Waals surface area contributed by atoms with Gasteiger partial charge < -0.3 is 15.0 Å². The minimum atomic E-state index is -0.258. The van der Waals surface area contributed by atoms with Gasteiger partial charge in [0.2, 0.25) is 0 Å². The first-order chi connectivity index (χ1) is 13.4. The maximum atomic E-state index is 12.8. The molecule has 0 saturated carbocycles. The molecule has 0 aliphatic carbocycles. The molecule has 0 radical (unpaired) electrons. The van der Waals surface area contributed by atoms with Gasteiger partial charge in [0, 0.05) is 25.8 Å². The molecular weight excluding hydrogens is 374 g/mol. The van der Waals surface area contributed by atoms with Crippen LogP contribution in [0.25, 0.3) is 10.6 Å². The van der Waals surface area contributed by atoms with E-state index in [1.807, 2.05) is 32.3 Å². The van der Waals surface area contributed by atoms with Crippen LogP contribution in [0.2, 0.25) is 0 Å². The Morgan fingerprint density at radius 2 is 1.89 bits per heavy atom. The van der Waals surface area contributed by atoms with Crippen molar-refractivity contribution in [1.29, 1.82) is 0 Å². The van der Waals surface area contributed by atoms with Crippen LogP contribution in [0, 0.1) is 0 Å². The van der Waals surface area contributed by atoms with E-state index in [4.69, 9.17) is 4.74 Å². The number of Topliss-reactive ketones (excluding diaryl/α,β-unsaturated/α-hetero) is 1. The number of ketones is 1. The molecule has 0 fully saturated rings. The summed E-state index contributed by atoms with van der Waals surface area (Å²) < 4.78 is 5.19. The van der Waals surface area contributed by atoms with Crippen LogP contribution in [0.3, 0.4) is 0 Å². The van der Waals surface area contributed by atoms with Gasteiger partial charge in [0.1, 0.15) is 11.6 Å². The van der Waals surface area contributed by atoms with Crippen molar-refractivity contribution in [2.75, 3.05) is 31.4 Å². The quantitative estimate of drug-likeness (QED) is 0.629. The minimum absolute atomic E-state index is 0.0263. The zero-order chi connectivity index (χ0) is 20.3. The van der Waals surface area contributed by atoms with Gasteiger partial charge in [-0.3, -0.25) is 9.59 Å². The lowest BCUT2D eigenvalue weighted by atomic mass is 10.2. The zero-order valence-corrected chi connectivity index (χ0v) is 17.0. The molecule has 3 aromatic rings. The average Bonchev–Trinajstić information content (AvgIpc) is 3.18. The van der Waals surface area contributed by atoms with E-state index in [-0.39, 0.29) is 11.7 Å². The van der Waals surface area contributed by atoms with E-state index in [0.717, 1.165) is 10.6 Å². The van der Waals surface area contributed by atoms with E-state index in [2.05, 4.69) is 10.3 Å². The third-order valence-corrected chi connectivity index (χ3v) is 5.28. The molecule has 0 aliphatic rings. The summed E-state index contributed by atoms with van der Waals surface area (Å²) in [6, 6.07) is 14.4. The van der Waals surface area contributed by atoms with Gasteiger partial charge in [-0.2, -0.15) is 0 Å². The Morgan fingerprint density at radius 1 is 1.11 bits per heavy atom. The van der Waals surface area contributed by atoms with E-state index < -0.39 is 0 Å². The van der Waals surface area contributed by atoms with Gasteiger partial charge in [0.05, 0.1) is 28.1 Å². The third kappa shape index (κ3) is 4.20. The first-order valence-electron chi connectivity index (χ1n) is 8.64. The van der Waals surface area contributed by atoms with Crippen LogP contribution in [0.5, 0.6) is 5.75 Å². The van der Waals surface area contributed by atoms with E-state index in [9.17, 15) is 9.59 Å². The maximum Gasteiger partial charge on any atom is 0.259 e. The van der Waals surface area contributed by atoms with Crippen molar-refractivity contribution < 1.29 is 14.3 Å². The van der Waals surface area contributed by atoms with Crippen molar-refractivity contribution in [3.8, 4) is 16.3 Å². The van der Waals surface area contributed by atoms with E-state index in [0.29, 0.717) is 27.7 Å². The summed E-state index contributed by atoms with van der Waals surface area (Å²) in [5, 5.41) is 2.88. The maximum absolute atomic E-state index is 12.8. The Hall–Kier alpha value is -3.19. The molecule has 0 atom stereocenters. The van der Waals surface area contributed by atoms with Crippen LogP contribution < -0.4 is 15.0 Å². The fourth-order valence-corrected chi connectivity index (χ4v) is 3.54. The highest BCUT2D eigenvalue weighted by molar-refractivity contribution is 7.17.